The third-order valence-electron chi connectivity index (χ3n) is 5.65. The fraction of sp³-hybridized carbons (Fsp3) is 0.789. The Morgan fingerprint density at radius 3 is 2.96 bits per heavy atom. The number of aryl methyl sites for hydroxylation is 1. The van der Waals surface area contributed by atoms with Crippen LogP contribution in [0.1, 0.15) is 44.5 Å². The van der Waals surface area contributed by atoms with Crippen molar-refractivity contribution in [2.24, 2.45) is 13.0 Å². The molecule has 2 aliphatic rings. The number of imidazole rings is 1. The zero-order valence-corrected chi connectivity index (χ0v) is 17.3. The molecular weight excluding hydrogens is 366 g/mol. The van der Waals surface area contributed by atoms with Gasteiger partial charge in [-0.15, -0.1) is 12.4 Å². The van der Waals surface area contributed by atoms with E-state index in [2.05, 4.69) is 27.4 Å². The molecule has 3 unspecified atom stereocenters. The van der Waals surface area contributed by atoms with E-state index in [1.54, 1.807) is 0 Å². The molecule has 0 spiro atoms. The van der Waals surface area contributed by atoms with Gasteiger partial charge in [0.15, 0.2) is 0 Å². The summed E-state index contributed by atoms with van der Waals surface area (Å²) in [4.78, 5) is 19.0. The lowest BCUT2D eigenvalue weighted by molar-refractivity contribution is -0.123. The van der Waals surface area contributed by atoms with Gasteiger partial charge in [0.1, 0.15) is 5.82 Å². The van der Waals surface area contributed by atoms with E-state index in [0.29, 0.717) is 31.7 Å². The van der Waals surface area contributed by atoms with E-state index in [0.717, 1.165) is 31.9 Å². The van der Waals surface area contributed by atoms with Crippen LogP contribution in [0.2, 0.25) is 0 Å². The SMILES string of the molecule is CC1CCCCC1OCCNC(=O)CN1CCNCC1c1nccn1C.Cl. The molecule has 0 radical (unpaired) electrons. The van der Waals surface area contributed by atoms with Gasteiger partial charge in [-0.3, -0.25) is 9.69 Å². The molecular formula is C19H34ClN5O2. The summed E-state index contributed by atoms with van der Waals surface area (Å²) in [5.74, 6) is 1.70. The van der Waals surface area contributed by atoms with Crippen LogP contribution in [0.3, 0.4) is 0 Å². The smallest absolute Gasteiger partial charge is 0.234 e. The number of nitrogens with one attached hydrogen (secondary N) is 2. The van der Waals surface area contributed by atoms with E-state index >= 15 is 0 Å². The van der Waals surface area contributed by atoms with E-state index in [1.165, 1.54) is 19.3 Å². The van der Waals surface area contributed by atoms with Gasteiger partial charge >= 0.3 is 0 Å². The van der Waals surface area contributed by atoms with Gasteiger partial charge in [-0.05, 0) is 18.8 Å². The van der Waals surface area contributed by atoms with Crippen LogP contribution in [-0.4, -0.2) is 65.8 Å². The Balaban J connectivity index is 0.00000261. The second-order valence-corrected chi connectivity index (χ2v) is 7.61. The maximum absolute atomic E-state index is 12.4. The quantitative estimate of drug-likeness (QED) is 0.680. The van der Waals surface area contributed by atoms with Gasteiger partial charge in [0.05, 0.1) is 25.3 Å². The minimum absolute atomic E-state index is 0. The summed E-state index contributed by atoms with van der Waals surface area (Å²) in [5, 5.41) is 6.41. The molecule has 1 aliphatic carbocycles. The van der Waals surface area contributed by atoms with Gasteiger partial charge in [0.25, 0.3) is 0 Å². The van der Waals surface area contributed by atoms with E-state index in [-0.39, 0.29) is 24.4 Å². The van der Waals surface area contributed by atoms with Crippen LogP contribution in [0, 0.1) is 5.92 Å². The summed E-state index contributed by atoms with van der Waals surface area (Å²) in [6, 6.07) is 0.133. The summed E-state index contributed by atoms with van der Waals surface area (Å²) < 4.78 is 8.01. The molecule has 2 heterocycles. The number of halogens is 1. The molecule has 1 saturated carbocycles. The molecule has 154 valence electrons. The lowest BCUT2D eigenvalue weighted by atomic mass is 9.88. The van der Waals surface area contributed by atoms with Crippen molar-refractivity contribution in [1.29, 1.82) is 0 Å². The Morgan fingerprint density at radius 2 is 2.22 bits per heavy atom. The molecule has 7 nitrogen and oxygen atoms in total. The predicted octanol–water partition coefficient (Wildman–Crippen LogP) is 1.50. The maximum atomic E-state index is 12.4. The summed E-state index contributed by atoms with van der Waals surface area (Å²) >= 11 is 0. The van der Waals surface area contributed by atoms with Crippen molar-refractivity contribution in [3.63, 3.8) is 0 Å². The summed E-state index contributed by atoms with van der Waals surface area (Å²) in [6.07, 6.45) is 9.12. The molecule has 27 heavy (non-hydrogen) atoms. The first-order valence-electron chi connectivity index (χ1n) is 9.95. The van der Waals surface area contributed by atoms with Crippen LogP contribution in [0.4, 0.5) is 0 Å². The average molecular weight is 400 g/mol. The third kappa shape index (κ3) is 6.17. The highest BCUT2D eigenvalue weighted by Gasteiger charge is 2.28. The molecule has 8 heteroatoms. The fourth-order valence-corrected chi connectivity index (χ4v) is 4.06. The minimum Gasteiger partial charge on any atom is -0.376 e. The molecule has 1 saturated heterocycles. The highest BCUT2D eigenvalue weighted by atomic mass is 35.5. The first-order chi connectivity index (χ1) is 12.6. The van der Waals surface area contributed by atoms with E-state index in [4.69, 9.17) is 4.74 Å². The molecule has 2 fully saturated rings. The van der Waals surface area contributed by atoms with Gasteiger partial charge in [-0.2, -0.15) is 0 Å². The normalized spacial score (nSPS) is 26.4. The Kier molecular flexibility index (Phi) is 9.02. The molecule has 1 amide bonds. The number of piperazine rings is 1. The highest BCUT2D eigenvalue weighted by molar-refractivity contribution is 5.85. The summed E-state index contributed by atoms with van der Waals surface area (Å²) in [7, 11) is 2.00. The summed E-state index contributed by atoms with van der Waals surface area (Å²) in [5.41, 5.74) is 0. The maximum Gasteiger partial charge on any atom is 0.234 e. The molecule has 1 aromatic heterocycles. The second kappa shape index (κ2) is 11.0. The number of rotatable bonds is 7. The number of hydrogen-bond acceptors (Lipinski definition) is 5. The number of carbonyl (C=O) groups is 1. The lowest BCUT2D eigenvalue weighted by Crippen LogP contribution is -2.50. The van der Waals surface area contributed by atoms with Crippen LogP contribution in [0.5, 0.6) is 0 Å². The summed E-state index contributed by atoms with van der Waals surface area (Å²) in [6.45, 7) is 6.43. The molecule has 1 aromatic rings. The Bertz CT molecular complexity index is 582. The number of hydrogen-bond donors (Lipinski definition) is 2. The largest absolute Gasteiger partial charge is 0.376 e. The van der Waals surface area contributed by atoms with Crippen LogP contribution in [0.25, 0.3) is 0 Å². The number of amides is 1. The topological polar surface area (TPSA) is 71.4 Å². The Morgan fingerprint density at radius 1 is 1.41 bits per heavy atom. The standard InChI is InChI=1S/C19H33N5O2.ClH/c1-15-5-3-4-6-17(15)26-12-9-21-18(25)14-24-11-7-20-13-16(24)19-22-8-10-23(19)2;/h8,10,15-17,20H,3-7,9,11-14H2,1-2H3,(H,21,25);1H. The van der Waals surface area contributed by atoms with Gasteiger partial charge in [0.2, 0.25) is 5.91 Å². The van der Waals surface area contributed by atoms with E-state index < -0.39 is 0 Å². The zero-order valence-electron chi connectivity index (χ0n) is 16.5. The van der Waals surface area contributed by atoms with Crippen LogP contribution >= 0.6 is 12.4 Å². The van der Waals surface area contributed by atoms with Gasteiger partial charge in [0, 0.05) is 45.6 Å². The highest BCUT2D eigenvalue weighted by Crippen LogP contribution is 2.26. The number of aromatic nitrogens is 2. The lowest BCUT2D eigenvalue weighted by Gasteiger charge is -2.35. The monoisotopic (exact) mass is 399 g/mol. The first kappa shape index (κ1) is 22.1. The van der Waals surface area contributed by atoms with Crippen LogP contribution in [0.15, 0.2) is 12.4 Å². The van der Waals surface area contributed by atoms with Crippen LogP contribution in [-0.2, 0) is 16.6 Å². The van der Waals surface area contributed by atoms with E-state index in [9.17, 15) is 4.79 Å². The van der Waals surface area contributed by atoms with E-state index in [1.807, 2.05) is 24.0 Å². The van der Waals surface area contributed by atoms with Crippen molar-refractivity contribution in [2.75, 3.05) is 39.3 Å². The number of nitrogens with zero attached hydrogens (tertiary/aromatic N) is 3. The van der Waals surface area contributed by atoms with Crippen molar-refractivity contribution in [3.05, 3.63) is 18.2 Å². The molecule has 0 bridgehead atoms. The van der Waals surface area contributed by atoms with Gasteiger partial charge in [-0.1, -0.05) is 19.8 Å². The predicted molar refractivity (Wildman–Crippen MR) is 108 cm³/mol. The number of carbonyl (C=O) groups excluding carboxylic acids is 1. The van der Waals surface area contributed by atoms with Crippen molar-refractivity contribution >= 4 is 18.3 Å². The molecule has 0 aromatic carbocycles. The average Bonchev–Trinajstić information content (AvgIpc) is 3.06. The number of ether oxygens (including phenoxy) is 1. The molecule has 2 N–H and O–H groups in total. The van der Waals surface area contributed by atoms with Crippen LogP contribution < -0.4 is 10.6 Å². The third-order valence-corrected chi connectivity index (χ3v) is 5.65. The molecule has 1 aliphatic heterocycles. The van der Waals surface area contributed by atoms with Crippen molar-refractivity contribution in [2.45, 2.75) is 44.8 Å². The van der Waals surface area contributed by atoms with Gasteiger partial charge in [-0.25, -0.2) is 4.98 Å². The molecule has 3 rings (SSSR count). The molecule has 3 atom stereocenters. The van der Waals surface area contributed by atoms with Crippen molar-refractivity contribution in [3.8, 4) is 0 Å². The van der Waals surface area contributed by atoms with Gasteiger partial charge < -0.3 is 19.9 Å². The van der Waals surface area contributed by atoms with Crippen molar-refractivity contribution < 1.29 is 9.53 Å². The zero-order chi connectivity index (χ0) is 18.4. The Labute approximate surface area is 168 Å². The van der Waals surface area contributed by atoms with Crippen molar-refractivity contribution in [1.82, 2.24) is 25.1 Å². The Hall–Kier alpha value is -1.15. The second-order valence-electron chi connectivity index (χ2n) is 7.61. The first-order valence-corrected chi connectivity index (χ1v) is 9.95. The minimum atomic E-state index is 0. The fourth-order valence-electron chi connectivity index (χ4n) is 4.06.